The van der Waals surface area contributed by atoms with E-state index in [1.807, 2.05) is 38.2 Å². The molecule has 0 saturated carbocycles. The Balaban J connectivity index is 2.78. The van der Waals surface area contributed by atoms with E-state index in [9.17, 15) is 4.79 Å². The van der Waals surface area contributed by atoms with Gasteiger partial charge in [-0.15, -0.1) is 12.6 Å². The molecule has 0 aliphatic rings. The third-order valence-corrected chi connectivity index (χ3v) is 3.38. The van der Waals surface area contributed by atoms with Crippen molar-refractivity contribution in [1.29, 1.82) is 0 Å². The van der Waals surface area contributed by atoms with E-state index in [4.69, 9.17) is 0 Å². The molecule has 94 valence electrons. The van der Waals surface area contributed by atoms with Crippen molar-refractivity contribution in [2.75, 3.05) is 34.2 Å². The summed E-state index contributed by atoms with van der Waals surface area (Å²) >= 11 is 7.64. The number of halogens is 1. The standard InChI is InChI=1S/C12H17BrN2OS/c1-14(2)6-7-15(3)12(16)10-8-9(17)4-5-11(10)13/h4-5,8,17H,6-7H2,1-3H3. The Bertz CT molecular complexity index is 409. The van der Waals surface area contributed by atoms with E-state index >= 15 is 0 Å². The van der Waals surface area contributed by atoms with Crippen LogP contribution in [0, 0.1) is 0 Å². The predicted molar refractivity (Wildman–Crippen MR) is 76.9 cm³/mol. The molecule has 0 bridgehead atoms. The topological polar surface area (TPSA) is 23.6 Å². The van der Waals surface area contributed by atoms with Crippen molar-refractivity contribution in [1.82, 2.24) is 9.80 Å². The summed E-state index contributed by atoms with van der Waals surface area (Å²) in [7, 11) is 5.79. The van der Waals surface area contributed by atoms with Crippen LogP contribution >= 0.6 is 28.6 Å². The van der Waals surface area contributed by atoms with Gasteiger partial charge in [0.25, 0.3) is 5.91 Å². The van der Waals surface area contributed by atoms with Crippen molar-refractivity contribution in [2.24, 2.45) is 0 Å². The molecule has 0 atom stereocenters. The summed E-state index contributed by atoms with van der Waals surface area (Å²) in [6.07, 6.45) is 0. The van der Waals surface area contributed by atoms with E-state index in [0.717, 1.165) is 15.9 Å². The molecule has 0 aromatic heterocycles. The van der Waals surface area contributed by atoms with Crippen LogP contribution < -0.4 is 0 Å². The van der Waals surface area contributed by atoms with Gasteiger partial charge in [0.05, 0.1) is 5.56 Å². The summed E-state index contributed by atoms with van der Waals surface area (Å²) in [6, 6.07) is 5.47. The number of hydrogen-bond donors (Lipinski definition) is 1. The van der Waals surface area contributed by atoms with Crippen LogP contribution in [-0.2, 0) is 0 Å². The van der Waals surface area contributed by atoms with Crippen LogP contribution in [-0.4, -0.2) is 49.9 Å². The highest BCUT2D eigenvalue weighted by Gasteiger charge is 2.14. The summed E-state index contributed by atoms with van der Waals surface area (Å²) in [5.74, 6) is 0.00891. The molecular weight excluding hydrogens is 300 g/mol. The highest BCUT2D eigenvalue weighted by molar-refractivity contribution is 9.10. The number of benzene rings is 1. The number of hydrogen-bond acceptors (Lipinski definition) is 3. The first-order chi connectivity index (χ1) is 7.91. The summed E-state index contributed by atoms with van der Waals surface area (Å²) in [6.45, 7) is 1.55. The van der Waals surface area contributed by atoms with Gasteiger partial charge in [-0.25, -0.2) is 0 Å². The normalized spacial score (nSPS) is 10.7. The lowest BCUT2D eigenvalue weighted by Gasteiger charge is -2.20. The molecule has 1 amide bonds. The SMILES string of the molecule is CN(C)CCN(C)C(=O)c1cc(S)ccc1Br. The minimum absolute atomic E-state index is 0.00891. The molecule has 0 saturated heterocycles. The quantitative estimate of drug-likeness (QED) is 0.862. The first-order valence-corrected chi connectivity index (χ1v) is 6.54. The van der Waals surface area contributed by atoms with Gasteiger partial charge in [0.15, 0.2) is 0 Å². The van der Waals surface area contributed by atoms with Gasteiger partial charge in [-0.1, -0.05) is 0 Å². The van der Waals surface area contributed by atoms with Crippen molar-refractivity contribution in [3.05, 3.63) is 28.2 Å². The van der Waals surface area contributed by atoms with Gasteiger partial charge in [-0.05, 0) is 48.2 Å². The van der Waals surface area contributed by atoms with Gasteiger partial charge >= 0.3 is 0 Å². The third kappa shape index (κ3) is 4.33. The van der Waals surface area contributed by atoms with Crippen molar-refractivity contribution < 1.29 is 4.79 Å². The minimum atomic E-state index is 0.00891. The summed E-state index contributed by atoms with van der Waals surface area (Å²) in [5, 5.41) is 0. The van der Waals surface area contributed by atoms with Gasteiger partial charge in [0.1, 0.15) is 0 Å². The van der Waals surface area contributed by atoms with Gasteiger partial charge < -0.3 is 9.80 Å². The Morgan fingerprint density at radius 3 is 2.53 bits per heavy atom. The van der Waals surface area contributed by atoms with E-state index in [-0.39, 0.29) is 5.91 Å². The number of amides is 1. The maximum atomic E-state index is 12.2. The zero-order valence-corrected chi connectivity index (χ0v) is 12.8. The fourth-order valence-electron chi connectivity index (χ4n) is 1.33. The maximum absolute atomic E-state index is 12.2. The molecule has 1 aromatic rings. The molecule has 0 spiro atoms. The first-order valence-electron chi connectivity index (χ1n) is 5.30. The number of carbonyl (C=O) groups is 1. The van der Waals surface area contributed by atoms with E-state index in [0.29, 0.717) is 12.1 Å². The van der Waals surface area contributed by atoms with Crippen LogP contribution in [0.15, 0.2) is 27.6 Å². The molecule has 3 nitrogen and oxygen atoms in total. The van der Waals surface area contributed by atoms with Crippen LogP contribution in [0.3, 0.4) is 0 Å². The van der Waals surface area contributed by atoms with Crippen molar-refractivity contribution in [3.63, 3.8) is 0 Å². The van der Waals surface area contributed by atoms with E-state index in [1.54, 1.807) is 11.0 Å². The summed E-state index contributed by atoms with van der Waals surface area (Å²) in [5.41, 5.74) is 0.652. The molecular formula is C12H17BrN2OS. The maximum Gasteiger partial charge on any atom is 0.254 e. The van der Waals surface area contributed by atoms with Gasteiger partial charge in [-0.2, -0.15) is 0 Å². The average molecular weight is 317 g/mol. The predicted octanol–water partition coefficient (Wildman–Crippen LogP) is 2.37. The Hall–Kier alpha value is -0.520. The van der Waals surface area contributed by atoms with Gasteiger partial charge in [0, 0.05) is 29.5 Å². The van der Waals surface area contributed by atoms with Crippen molar-refractivity contribution >= 4 is 34.5 Å². The van der Waals surface area contributed by atoms with Gasteiger partial charge in [0.2, 0.25) is 0 Å². The van der Waals surface area contributed by atoms with Crippen molar-refractivity contribution in [3.8, 4) is 0 Å². The minimum Gasteiger partial charge on any atom is -0.340 e. The fourth-order valence-corrected chi connectivity index (χ4v) is 1.95. The van der Waals surface area contributed by atoms with E-state index < -0.39 is 0 Å². The number of likely N-dealkylation sites (N-methyl/N-ethyl adjacent to an activating group) is 2. The van der Waals surface area contributed by atoms with Crippen LogP contribution in [0.1, 0.15) is 10.4 Å². The second-order valence-corrected chi connectivity index (χ2v) is 5.56. The third-order valence-electron chi connectivity index (χ3n) is 2.41. The molecule has 0 radical (unpaired) electrons. The lowest BCUT2D eigenvalue weighted by Crippen LogP contribution is -2.33. The molecule has 0 unspecified atom stereocenters. The largest absolute Gasteiger partial charge is 0.340 e. The molecule has 0 aliphatic carbocycles. The number of nitrogens with zero attached hydrogens (tertiary/aromatic N) is 2. The highest BCUT2D eigenvalue weighted by atomic mass is 79.9. The van der Waals surface area contributed by atoms with E-state index in [2.05, 4.69) is 28.6 Å². The van der Waals surface area contributed by atoms with Crippen LogP contribution in [0.5, 0.6) is 0 Å². The Labute approximate surface area is 116 Å². The zero-order chi connectivity index (χ0) is 13.0. The first kappa shape index (κ1) is 14.5. The van der Waals surface area contributed by atoms with Crippen LogP contribution in [0.2, 0.25) is 0 Å². The Morgan fingerprint density at radius 2 is 1.94 bits per heavy atom. The second-order valence-electron chi connectivity index (χ2n) is 4.19. The summed E-state index contributed by atoms with van der Waals surface area (Å²) < 4.78 is 0.803. The fraction of sp³-hybridized carbons (Fsp3) is 0.417. The van der Waals surface area contributed by atoms with E-state index in [1.165, 1.54) is 0 Å². The number of thiol groups is 1. The monoisotopic (exact) mass is 316 g/mol. The second kappa shape index (κ2) is 6.42. The molecule has 17 heavy (non-hydrogen) atoms. The Kier molecular flexibility index (Phi) is 5.49. The van der Waals surface area contributed by atoms with Crippen molar-refractivity contribution in [2.45, 2.75) is 4.90 Å². The smallest absolute Gasteiger partial charge is 0.254 e. The average Bonchev–Trinajstić information content (AvgIpc) is 2.28. The number of rotatable bonds is 4. The van der Waals surface area contributed by atoms with Gasteiger partial charge in [-0.3, -0.25) is 4.79 Å². The molecule has 5 heteroatoms. The molecule has 1 rings (SSSR count). The molecule has 0 aliphatic heterocycles. The zero-order valence-electron chi connectivity index (χ0n) is 10.3. The highest BCUT2D eigenvalue weighted by Crippen LogP contribution is 2.21. The molecule has 0 heterocycles. The molecule has 0 fully saturated rings. The number of carbonyl (C=O) groups excluding carboxylic acids is 1. The van der Waals surface area contributed by atoms with Crippen LogP contribution in [0.4, 0.5) is 0 Å². The molecule has 0 N–H and O–H groups in total. The molecule has 1 aromatic carbocycles. The lowest BCUT2D eigenvalue weighted by atomic mass is 10.2. The lowest BCUT2D eigenvalue weighted by molar-refractivity contribution is 0.0785. The van der Waals surface area contributed by atoms with Crippen LogP contribution in [0.25, 0.3) is 0 Å². The summed E-state index contributed by atoms with van der Waals surface area (Å²) in [4.78, 5) is 16.7. The Morgan fingerprint density at radius 1 is 1.29 bits per heavy atom.